The summed E-state index contributed by atoms with van der Waals surface area (Å²) >= 11 is 0. The van der Waals surface area contributed by atoms with Gasteiger partial charge >= 0.3 is 0 Å². The minimum absolute atomic E-state index is 0.132. The first-order valence-corrected chi connectivity index (χ1v) is 3.93. The van der Waals surface area contributed by atoms with E-state index in [1.807, 2.05) is 0 Å². The second-order valence-electron chi connectivity index (χ2n) is 3.86. The van der Waals surface area contributed by atoms with Crippen molar-refractivity contribution in [3.63, 3.8) is 0 Å². The van der Waals surface area contributed by atoms with Gasteiger partial charge in [-0.3, -0.25) is 0 Å². The predicted octanol–water partition coefficient (Wildman–Crippen LogP) is -0.294. The van der Waals surface area contributed by atoms with Crippen molar-refractivity contribution in [2.75, 3.05) is 0 Å². The number of nitrogens with two attached hydrogens (primary N) is 3. The average molecular weight is 141 g/mol. The molecule has 0 aromatic carbocycles. The van der Waals surface area contributed by atoms with E-state index in [4.69, 9.17) is 17.2 Å². The summed E-state index contributed by atoms with van der Waals surface area (Å²) in [5.41, 5.74) is 17.1. The lowest BCUT2D eigenvalue weighted by Crippen LogP contribution is -2.65. The zero-order chi connectivity index (χ0) is 7.41. The highest BCUT2D eigenvalue weighted by molar-refractivity contribution is 5.12. The molecule has 3 nitrogen and oxygen atoms in total. The Morgan fingerprint density at radius 2 is 1.60 bits per heavy atom. The third-order valence-corrected chi connectivity index (χ3v) is 3.01. The third-order valence-electron chi connectivity index (χ3n) is 3.01. The number of rotatable bonds is 2. The van der Waals surface area contributed by atoms with Crippen LogP contribution in [0.5, 0.6) is 0 Å². The van der Waals surface area contributed by atoms with Crippen LogP contribution in [0.25, 0.3) is 0 Å². The molecule has 2 saturated carbocycles. The second-order valence-corrected chi connectivity index (χ2v) is 3.86. The van der Waals surface area contributed by atoms with Crippen LogP contribution in [0, 0.1) is 11.3 Å². The molecule has 58 valence electrons. The van der Waals surface area contributed by atoms with E-state index in [0.29, 0.717) is 0 Å². The molecule has 0 spiro atoms. The lowest BCUT2D eigenvalue weighted by molar-refractivity contribution is 0.228. The van der Waals surface area contributed by atoms with E-state index < -0.39 is 5.79 Å². The van der Waals surface area contributed by atoms with Crippen molar-refractivity contribution < 1.29 is 0 Å². The van der Waals surface area contributed by atoms with Gasteiger partial charge in [0.15, 0.2) is 0 Å². The Balaban J connectivity index is 2.13. The summed E-state index contributed by atoms with van der Waals surface area (Å²) in [5.74, 6) is -0.166. The fraction of sp³-hybridized carbons (Fsp3) is 1.00. The van der Waals surface area contributed by atoms with Crippen LogP contribution in [0.2, 0.25) is 0 Å². The van der Waals surface area contributed by atoms with Crippen LogP contribution in [0.4, 0.5) is 0 Å². The van der Waals surface area contributed by atoms with E-state index in [-0.39, 0.29) is 5.41 Å². The van der Waals surface area contributed by atoms with Gasteiger partial charge in [0.25, 0.3) is 0 Å². The summed E-state index contributed by atoms with van der Waals surface area (Å²) < 4.78 is 0. The largest absolute Gasteiger partial charge is 0.301 e. The highest BCUT2D eigenvalue weighted by atomic mass is 15.2. The smallest absolute Gasteiger partial charge is 0.121 e. The monoisotopic (exact) mass is 141 g/mol. The lowest BCUT2D eigenvalue weighted by Gasteiger charge is -2.30. The maximum Gasteiger partial charge on any atom is 0.121 e. The highest BCUT2D eigenvalue weighted by Gasteiger charge is 2.61. The molecule has 2 fully saturated rings. The maximum atomic E-state index is 5.67. The summed E-state index contributed by atoms with van der Waals surface area (Å²) in [6.45, 7) is 0. The molecular formula is C7H15N3. The summed E-state index contributed by atoms with van der Waals surface area (Å²) in [7, 11) is 0. The first-order valence-electron chi connectivity index (χ1n) is 3.93. The van der Waals surface area contributed by atoms with E-state index in [1.165, 1.54) is 12.8 Å². The quantitative estimate of drug-likeness (QED) is 0.462. The predicted molar refractivity (Wildman–Crippen MR) is 39.7 cm³/mol. The third kappa shape index (κ3) is 0.713. The molecule has 2 aliphatic carbocycles. The maximum absolute atomic E-state index is 5.67. The summed E-state index contributed by atoms with van der Waals surface area (Å²) in [6.07, 6.45) is 4.85. The fourth-order valence-electron chi connectivity index (χ4n) is 1.97. The van der Waals surface area contributed by atoms with Gasteiger partial charge in [-0.2, -0.15) is 0 Å². The molecule has 0 atom stereocenters. The van der Waals surface area contributed by atoms with E-state index in [2.05, 4.69) is 0 Å². The van der Waals surface area contributed by atoms with E-state index in [0.717, 1.165) is 18.8 Å². The first-order chi connectivity index (χ1) is 4.56. The normalized spacial score (nSPS) is 30.3. The van der Waals surface area contributed by atoms with Gasteiger partial charge in [0.05, 0.1) is 0 Å². The molecular weight excluding hydrogens is 126 g/mol. The van der Waals surface area contributed by atoms with Gasteiger partial charge < -0.3 is 17.2 Å². The molecule has 10 heavy (non-hydrogen) atoms. The Hall–Kier alpha value is -0.120. The summed E-state index contributed by atoms with van der Waals surface area (Å²) in [4.78, 5) is 0. The molecule has 0 radical (unpaired) electrons. The van der Waals surface area contributed by atoms with Gasteiger partial charge in [0.2, 0.25) is 0 Å². The van der Waals surface area contributed by atoms with E-state index >= 15 is 0 Å². The Morgan fingerprint density at radius 3 is 1.70 bits per heavy atom. The number of hydrogen-bond acceptors (Lipinski definition) is 3. The van der Waals surface area contributed by atoms with Crippen molar-refractivity contribution in [1.82, 2.24) is 0 Å². The Kier molecular flexibility index (Phi) is 1.02. The molecule has 0 aliphatic heterocycles. The van der Waals surface area contributed by atoms with Crippen molar-refractivity contribution in [3.05, 3.63) is 0 Å². The van der Waals surface area contributed by atoms with Crippen LogP contribution >= 0.6 is 0 Å². The van der Waals surface area contributed by atoms with Crippen molar-refractivity contribution in [2.45, 2.75) is 31.5 Å². The molecule has 0 amide bonds. The van der Waals surface area contributed by atoms with Crippen molar-refractivity contribution in [2.24, 2.45) is 28.5 Å². The Bertz CT molecular complexity index is 151. The van der Waals surface area contributed by atoms with Crippen LogP contribution < -0.4 is 17.2 Å². The Morgan fingerprint density at radius 1 is 1.10 bits per heavy atom. The molecule has 2 aliphatic rings. The minimum Gasteiger partial charge on any atom is -0.301 e. The standard InChI is InChI=1S/C7H15N3/c8-7(9,10)6(3-4-6)5-1-2-5/h5H,1-4,8-10H2. The molecule has 6 N–H and O–H groups in total. The van der Waals surface area contributed by atoms with Crippen LogP contribution in [0.1, 0.15) is 25.7 Å². The summed E-state index contributed by atoms with van der Waals surface area (Å²) in [5, 5.41) is 0. The van der Waals surface area contributed by atoms with E-state index in [9.17, 15) is 0 Å². The van der Waals surface area contributed by atoms with Gasteiger partial charge in [-0.25, -0.2) is 0 Å². The molecule has 0 unspecified atom stereocenters. The van der Waals surface area contributed by atoms with Gasteiger partial charge in [-0.15, -0.1) is 0 Å². The SMILES string of the molecule is NC(N)(N)C1(C2CC2)CC1. The first kappa shape index (κ1) is 6.58. The molecule has 0 aromatic heterocycles. The Labute approximate surface area is 60.9 Å². The fourth-order valence-corrected chi connectivity index (χ4v) is 1.97. The molecule has 0 aromatic rings. The molecule has 2 rings (SSSR count). The minimum atomic E-state index is -0.909. The average Bonchev–Trinajstić information content (AvgIpc) is 2.56. The molecule has 0 heterocycles. The van der Waals surface area contributed by atoms with Gasteiger partial charge in [-0.1, -0.05) is 0 Å². The zero-order valence-electron chi connectivity index (χ0n) is 6.14. The van der Waals surface area contributed by atoms with Crippen LogP contribution in [0.15, 0.2) is 0 Å². The van der Waals surface area contributed by atoms with Gasteiger partial charge in [0.1, 0.15) is 5.79 Å². The van der Waals surface area contributed by atoms with Crippen LogP contribution in [-0.2, 0) is 0 Å². The molecule has 0 saturated heterocycles. The lowest BCUT2D eigenvalue weighted by atomic mass is 9.93. The molecule has 0 bridgehead atoms. The van der Waals surface area contributed by atoms with Crippen molar-refractivity contribution in [1.29, 1.82) is 0 Å². The summed E-state index contributed by atoms with van der Waals surface area (Å²) in [6, 6.07) is 0. The van der Waals surface area contributed by atoms with Crippen LogP contribution in [-0.4, -0.2) is 5.79 Å². The van der Waals surface area contributed by atoms with Gasteiger partial charge in [0, 0.05) is 5.41 Å². The highest BCUT2D eigenvalue weighted by Crippen LogP contribution is 2.63. The second kappa shape index (κ2) is 1.55. The topological polar surface area (TPSA) is 78.1 Å². The van der Waals surface area contributed by atoms with Gasteiger partial charge in [-0.05, 0) is 31.6 Å². The van der Waals surface area contributed by atoms with Crippen molar-refractivity contribution in [3.8, 4) is 0 Å². The zero-order valence-corrected chi connectivity index (χ0v) is 6.14. The van der Waals surface area contributed by atoms with E-state index in [1.54, 1.807) is 0 Å². The van der Waals surface area contributed by atoms with Crippen molar-refractivity contribution >= 4 is 0 Å². The number of hydrogen-bond donors (Lipinski definition) is 3. The molecule has 3 heteroatoms. The van der Waals surface area contributed by atoms with Crippen LogP contribution in [0.3, 0.4) is 0 Å².